The van der Waals surface area contributed by atoms with E-state index in [4.69, 9.17) is 0 Å². The molecule has 5 radical (unpaired) electrons. The fraction of sp³-hybridized carbons (Fsp3) is 0.136. The van der Waals surface area contributed by atoms with E-state index in [1.807, 2.05) is 68.4 Å². The minimum atomic E-state index is -0.292. The van der Waals surface area contributed by atoms with Crippen LogP contribution in [0, 0.1) is 19.8 Å². The Labute approximate surface area is 174 Å². The van der Waals surface area contributed by atoms with Crippen LogP contribution >= 0.6 is 0 Å². The molecule has 0 atom stereocenters. The first kappa shape index (κ1) is 23.4. The van der Waals surface area contributed by atoms with Gasteiger partial charge in [-0.1, -0.05) is 53.1 Å². The van der Waals surface area contributed by atoms with Gasteiger partial charge in [-0.3, -0.25) is 0 Å². The van der Waals surface area contributed by atoms with Crippen LogP contribution in [0.15, 0.2) is 83.3 Å². The molecule has 2 aliphatic carbocycles. The number of benzene rings is 1. The number of hydrogen-bond donors (Lipinski definition) is 0. The molecule has 1 nitrogen and oxygen atoms in total. The van der Waals surface area contributed by atoms with Crippen LogP contribution in [-0.4, -0.2) is 29.5 Å². The Balaban J connectivity index is 0.000000347. The second-order valence-electron chi connectivity index (χ2n) is 5.31. The SMILES string of the molecule is CC1=CC=C=C[CH]1.CC1=CC=C=C[CH]1.Cc1ccc(C(=O)[S-])cc1.[Sb]. The predicted octanol–water partition coefficient (Wildman–Crippen LogP) is 5.03. The fourth-order valence-corrected chi connectivity index (χ4v) is 1.77. The fourth-order valence-electron chi connectivity index (χ4n) is 1.63. The van der Waals surface area contributed by atoms with Gasteiger partial charge >= 0.3 is 0 Å². The monoisotopic (exact) mass is 454 g/mol. The molecule has 0 aliphatic heterocycles. The van der Waals surface area contributed by atoms with Gasteiger partial charge < -0.3 is 17.4 Å². The Bertz CT molecular complexity index is 701. The van der Waals surface area contributed by atoms with Crippen molar-refractivity contribution in [2.75, 3.05) is 0 Å². The van der Waals surface area contributed by atoms with Gasteiger partial charge in [0.1, 0.15) is 0 Å². The van der Waals surface area contributed by atoms with E-state index >= 15 is 0 Å². The molecule has 0 bridgehead atoms. The summed E-state index contributed by atoms with van der Waals surface area (Å²) in [5.74, 6) is 0. The molecule has 0 unspecified atom stereocenters. The molecule has 0 aromatic heterocycles. The summed E-state index contributed by atoms with van der Waals surface area (Å²) < 4.78 is 0. The molecular formula is C22H21OSSb-. The molecule has 0 heterocycles. The van der Waals surface area contributed by atoms with Gasteiger partial charge in [0, 0.05) is 42.4 Å². The van der Waals surface area contributed by atoms with Crippen molar-refractivity contribution in [3.63, 3.8) is 0 Å². The number of allylic oxidation sites excluding steroid dienone is 6. The van der Waals surface area contributed by atoms with Crippen molar-refractivity contribution in [3.8, 4) is 0 Å². The Morgan fingerprint density at radius 2 is 1.24 bits per heavy atom. The van der Waals surface area contributed by atoms with Gasteiger partial charge in [0.2, 0.25) is 0 Å². The van der Waals surface area contributed by atoms with Gasteiger partial charge in [0.25, 0.3) is 0 Å². The third-order valence-electron chi connectivity index (χ3n) is 3.06. The summed E-state index contributed by atoms with van der Waals surface area (Å²) in [7, 11) is 0. The van der Waals surface area contributed by atoms with Gasteiger partial charge in [0.15, 0.2) is 0 Å². The van der Waals surface area contributed by atoms with Crippen LogP contribution in [0.25, 0.3) is 0 Å². The van der Waals surface area contributed by atoms with Crippen LogP contribution in [0.1, 0.15) is 29.8 Å². The second-order valence-corrected chi connectivity index (χ2v) is 5.68. The zero-order chi connectivity index (χ0) is 17.8. The van der Waals surface area contributed by atoms with Gasteiger partial charge in [-0.05, 0) is 50.6 Å². The summed E-state index contributed by atoms with van der Waals surface area (Å²) in [5, 5.41) is -0.292. The molecule has 0 fully saturated rings. The van der Waals surface area contributed by atoms with E-state index in [9.17, 15) is 4.79 Å². The predicted molar refractivity (Wildman–Crippen MR) is 110 cm³/mol. The quantitative estimate of drug-likeness (QED) is 0.336. The summed E-state index contributed by atoms with van der Waals surface area (Å²) in [6, 6.07) is 7.23. The number of hydrogen-bond acceptors (Lipinski definition) is 2. The number of aryl methyl sites for hydroxylation is 1. The van der Waals surface area contributed by atoms with E-state index < -0.39 is 0 Å². The molecule has 2 aliphatic rings. The van der Waals surface area contributed by atoms with Crippen LogP contribution in [0.3, 0.4) is 0 Å². The zero-order valence-corrected chi connectivity index (χ0v) is 18.1. The normalized spacial score (nSPS) is 13.2. The maximum Gasteiger partial charge on any atom is 0.0422 e. The standard InChI is InChI=1S/C8H8OS.2C7H7.Sb/c1-6-2-4-7(5-3-6)8(9)10;2*1-7-5-3-2-4-6-7;/h2-5H,1H3,(H,9,10);2*3-6H,1H3;/p-1. The average Bonchev–Trinajstić information content (AvgIpc) is 2.58. The molecule has 0 N–H and O–H groups in total. The largest absolute Gasteiger partial charge is 0.737 e. The van der Waals surface area contributed by atoms with Crippen LogP contribution in [-0.2, 0) is 12.6 Å². The summed E-state index contributed by atoms with van der Waals surface area (Å²) in [6.45, 7) is 6.10. The first-order valence-electron chi connectivity index (χ1n) is 7.62. The van der Waals surface area contributed by atoms with Crippen molar-refractivity contribution in [3.05, 3.63) is 107 Å². The van der Waals surface area contributed by atoms with Crippen LogP contribution in [0.5, 0.6) is 0 Å². The molecule has 0 saturated carbocycles. The summed E-state index contributed by atoms with van der Waals surface area (Å²) >= 11 is 4.45. The Hall–Kier alpha value is -1.55. The number of carbonyl (C=O) groups excluding carboxylic acids is 1. The maximum atomic E-state index is 10.6. The maximum absolute atomic E-state index is 10.6. The van der Waals surface area contributed by atoms with Crippen LogP contribution in [0.4, 0.5) is 0 Å². The summed E-state index contributed by atoms with van der Waals surface area (Å²) in [6.07, 6.45) is 15.8. The molecule has 25 heavy (non-hydrogen) atoms. The third kappa shape index (κ3) is 11.6. The summed E-state index contributed by atoms with van der Waals surface area (Å²) in [5.41, 5.74) is 10.2. The van der Waals surface area contributed by atoms with E-state index in [0.717, 1.165) is 5.56 Å². The topological polar surface area (TPSA) is 17.1 Å². The molecule has 3 rings (SSSR count). The molecule has 1 aromatic carbocycles. The van der Waals surface area contributed by atoms with Gasteiger partial charge in [0.05, 0.1) is 0 Å². The van der Waals surface area contributed by atoms with E-state index in [2.05, 4.69) is 37.9 Å². The average molecular weight is 455 g/mol. The third-order valence-corrected chi connectivity index (χ3v) is 3.29. The minimum Gasteiger partial charge on any atom is -0.737 e. The molecule has 3 heteroatoms. The van der Waals surface area contributed by atoms with Crippen molar-refractivity contribution in [1.82, 2.24) is 0 Å². The molecule has 0 saturated heterocycles. The molecule has 1 aromatic rings. The van der Waals surface area contributed by atoms with E-state index in [0.29, 0.717) is 5.56 Å². The second kappa shape index (κ2) is 13.7. The first-order chi connectivity index (χ1) is 11.5. The summed E-state index contributed by atoms with van der Waals surface area (Å²) in [4.78, 5) is 10.6. The van der Waals surface area contributed by atoms with Crippen molar-refractivity contribution in [2.24, 2.45) is 0 Å². The van der Waals surface area contributed by atoms with Crippen molar-refractivity contribution < 1.29 is 4.79 Å². The van der Waals surface area contributed by atoms with Crippen molar-refractivity contribution in [1.29, 1.82) is 0 Å². The first-order valence-corrected chi connectivity index (χ1v) is 8.03. The Kier molecular flexibility index (Phi) is 12.9. The van der Waals surface area contributed by atoms with E-state index in [1.54, 1.807) is 12.1 Å². The van der Waals surface area contributed by atoms with Gasteiger partial charge in [-0.25, -0.2) is 0 Å². The Morgan fingerprint density at radius 1 is 0.800 bits per heavy atom. The molecule has 0 spiro atoms. The van der Waals surface area contributed by atoms with Crippen molar-refractivity contribution in [2.45, 2.75) is 20.8 Å². The van der Waals surface area contributed by atoms with Crippen molar-refractivity contribution >= 4 is 42.2 Å². The number of rotatable bonds is 1. The van der Waals surface area contributed by atoms with Gasteiger partial charge in [-0.15, -0.1) is 11.5 Å². The minimum absolute atomic E-state index is 0. The van der Waals surface area contributed by atoms with Crippen LogP contribution in [0.2, 0.25) is 0 Å². The Morgan fingerprint density at radius 3 is 1.48 bits per heavy atom. The molecule has 127 valence electrons. The molecular weight excluding hydrogens is 434 g/mol. The van der Waals surface area contributed by atoms with Gasteiger partial charge in [-0.2, -0.15) is 0 Å². The number of carbonyl (C=O) groups is 1. The zero-order valence-electron chi connectivity index (χ0n) is 14.7. The smallest absolute Gasteiger partial charge is 0.0422 e. The van der Waals surface area contributed by atoms with Crippen LogP contribution < -0.4 is 0 Å². The van der Waals surface area contributed by atoms with E-state index in [1.165, 1.54) is 11.1 Å². The van der Waals surface area contributed by atoms with E-state index in [-0.39, 0.29) is 29.5 Å². The molecule has 0 amide bonds.